The van der Waals surface area contributed by atoms with Crippen molar-refractivity contribution in [2.75, 3.05) is 18.9 Å². The lowest BCUT2D eigenvalue weighted by Gasteiger charge is -2.09. The van der Waals surface area contributed by atoms with Gasteiger partial charge in [-0.05, 0) is 50.7 Å². The largest absolute Gasteiger partial charge is 0.490 e. The predicted molar refractivity (Wildman–Crippen MR) is 117 cm³/mol. The van der Waals surface area contributed by atoms with Gasteiger partial charge >= 0.3 is 12.1 Å². The van der Waals surface area contributed by atoms with Crippen LogP contribution >= 0.6 is 0 Å². The monoisotopic (exact) mass is 463 g/mol. The summed E-state index contributed by atoms with van der Waals surface area (Å²) in [6.45, 7) is 3.67. The van der Waals surface area contributed by atoms with Crippen molar-refractivity contribution in [2.24, 2.45) is 0 Å². The van der Waals surface area contributed by atoms with Crippen LogP contribution in [-0.4, -0.2) is 51.7 Å². The van der Waals surface area contributed by atoms with Crippen LogP contribution in [0.3, 0.4) is 0 Å². The molecule has 1 aromatic heterocycles. The first-order valence-corrected chi connectivity index (χ1v) is 9.94. The minimum absolute atomic E-state index is 0.128. The molecule has 0 aliphatic carbocycles. The molecule has 1 amide bonds. The Morgan fingerprint density at radius 3 is 2.39 bits per heavy atom. The highest BCUT2D eigenvalue weighted by atomic mass is 19.4. The number of nitrogens with zero attached hydrogens (tertiary/aromatic N) is 3. The lowest BCUT2D eigenvalue weighted by molar-refractivity contribution is -0.192. The summed E-state index contributed by atoms with van der Waals surface area (Å²) in [5.41, 5.74) is 3.98. The third-order valence-electron chi connectivity index (χ3n) is 4.40. The number of aliphatic carboxylic acids is 1. The molecule has 0 radical (unpaired) electrons. The predicted octanol–water partition coefficient (Wildman–Crippen LogP) is 3.75. The van der Waals surface area contributed by atoms with Gasteiger partial charge in [-0.25, -0.2) is 4.79 Å². The van der Waals surface area contributed by atoms with Crippen molar-refractivity contribution in [3.05, 3.63) is 65.9 Å². The zero-order valence-corrected chi connectivity index (χ0v) is 18.1. The van der Waals surface area contributed by atoms with Gasteiger partial charge in [0.05, 0.1) is 6.20 Å². The van der Waals surface area contributed by atoms with Crippen LogP contribution in [-0.2, 0) is 11.3 Å². The summed E-state index contributed by atoms with van der Waals surface area (Å²) < 4.78 is 33.6. The van der Waals surface area contributed by atoms with Gasteiger partial charge in [-0.3, -0.25) is 9.48 Å². The van der Waals surface area contributed by atoms with E-state index in [0.29, 0.717) is 5.56 Å². The SMILES string of the molecule is CNCCCn1cc(-c2ccc(C)c(C(=O)Nc3ccccc3)c2)nn1.O=C(O)C(F)(F)F. The van der Waals surface area contributed by atoms with Crippen molar-refractivity contribution in [1.29, 1.82) is 0 Å². The number of alkyl halides is 3. The van der Waals surface area contributed by atoms with Crippen LogP contribution in [0, 0.1) is 6.92 Å². The molecule has 0 unspecified atom stereocenters. The van der Waals surface area contributed by atoms with Crippen LogP contribution in [0.1, 0.15) is 22.3 Å². The van der Waals surface area contributed by atoms with E-state index >= 15 is 0 Å². The molecule has 3 rings (SSSR count). The molecule has 0 saturated heterocycles. The van der Waals surface area contributed by atoms with E-state index in [9.17, 15) is 18.0 Å². The van der Waals surface area contributed by atoms with Crippen LogP contribution in [0.15, 0.2) is 54.7 Å². The Balaban J connectivity index is 0.000000479. The maximum Gasteiger partial charge on any atom is 0.490 e. The van der Waals surface area contributed by atoms with Crippen molar-refractivity contribution < 1.29 is 27.9 Å². The van der Waals surface area contributed by atoms with Gasteiger partial charge < -0.3 is 15.7 Å². The minimum atomic E-state index is -5.08. The summed E-state index contributed by atoms with van der Waals surface area (Å²) in [6.07, 6.45) is -2.18. The number of carboxylic acid groups (broad SMARTS) is 1. The smallest absolute Gasteiger partial charge is 0.475 e. The van der Waals surface area contributed by atoms with Gasteiger partial charge in [0.1, 0.15) is 5.69 Å². The number of hydrogen-bond donors (Lipinski definition) is 3. The summed E-state index contributed by atoms with van der Waals surface area (Å²) >= 11 is 0. The van der Waals surface area contributed by atoms with Crippen molar-refractivity contribution in [3.8, 4) is 11.3 Å². The number of para-hydroxylation sites is 1. The first-order valence-electron chi connectivity index (χ1n) is 9.94. The van der Waals surface area contributed by atoms with Gasteiger partial charge in [-0.2, -0.15) is 13.2 Å². The zero-order chi connectivity index (χ0) is 24.4. The molecular formula is C22H24F3N5O3. The molecule has 33 heavy (non-hydrogen) atoms. The highest BCUT2D eigenvalue weighted by molar-refractivity contribution is 6.05. The number of carbonyl (C=O) groups is 2. The third-order valence-corrected chi connectivity index (χ3v) is 4.40. The Hall–Kier alpha value is -3.73. The second-order valence-electron chi connectivity index (χ2n) is 6.98. The van der Waals surface area contributed by atoms with E-state index in [1.165, 1.54) is 0 Å². The summed E-state index contributed by atoms with van der Waals surface area (Å²) in [6, 6.07) is 15.2. The standard InChI is InChI=1S/C20H23N5O.C2HF3O2/c1-15-9-10-16(19-14-25(24-23-19)12-6-11-21-2)13-18(15)20(26)22-17-7-4-3-5-8-17;3-2(4,5)1(6)7/h3-5,7-10,13-14,21H,6,11-12H2,1-2H3,(H,22,26);(H,6,7). The fourth-order valence-corrected chi connectivity index (χ4v) is 2.70. The van der Waals surface area contributed by atoms with Gasteiger partial charge in [0.2, 0.25) is 0 Å². The molecule has 0 aliphatic rings. The summed E-state index contributed by atoms with van der Waals surface area (Å²) in [7, 11) is 1.93. The Morgan fingerprint density at radius 1 is 1.12 bits per heavy atom. The summed E-state index contributed by atoms with van der Waals surface area (Å²) in [4.78, 5) is 21.5. The number of amides is 1. The van der Waals surface area contributed by atoms with E-state index in [0.717, 1.165) is 42.0 Å². The average Bonchev–Trinajstić information content (AvgIpc) is 3.23. The number of rotatable bonds is 7. The molecule has 8 nitrogen and oxygen atoms in total. The van der Waals surface area contributed by atoms with Crippen molar-refractivity contribution in [3.63, 3.8) is 0 Å². The number of carbonyl (C=O) groups excluding carboxylic acids is 1. The molecule has 0 atom stereocenters. The minimum Gasteiger partial charge on any atom is -0.475 e. The third kappa shape index (κ3) is 8.04. The van der Waals surface area contributed by atoms with Crippen molar-refractivity contribution >= 4 is 17.6 Å². The first kappa shape index (κ1) is 25.5. The van der Waals surface area contributed by atoms with Gasteiger partial charge in [0.25, 0.3) is 5.91 Å². The van der Waals surface area contributed by atoms with Crippen molar-refractivity contribution in [2.45, 2.75) is 26.1 Å². The van der Waals surface area contributed by atoms with Crippen LogP contribution in [0.25, 0.3) is 11.3 Å². The number of carboxylic acids is 1. The Morgan fingerprint density at radius 2 is 1.79 bits per heavy atom. The van der Waals surface area contributed by atoms with E-state index in [1.807, 2.05) is 73.4 Å². The molecule has 1 heterocycles. The normalized spacial score (nSPS) is 10.8. The Labute approximate surface area is 188 Å². The molecule has 0 fully saturated rings. The topological polar surface area (TPSA) is 109 Å². The molecule has 0 bridgehead atoms. The fourth-order valence-electron chi connectivity index (χ4n) is 2.70. The van der Waals surface area contributed by atoms with Crippen LogP contribution < -0.4 is 10.6 Å². The number of halogens is 3. The number of nitrogens with one attached hydrogen (secondary N) is 2. The lowest BCUT2D eigenvalue weighted by Crippen LogP contribution is -2.21. The molecule has 0 spiro atoms. The first-order chi connectivity index (χ1) is 15.6. The van der Waals surface area contributed by atoms with E-state index in [2.05, 4.69) is 20.9 Å². The number of benzene rings is 2. The van der Waals surface area contributed by atoms with Crippen molar-refractivity contribution in [1.82, 2.24) is 20.3 Å². The maximum absolute atomic E-state index is 12.6. The van der Waals surface area contributed by atoms with Gasteiger partial charge in [0, 0.05) is 23.4 Å². The second-order valence-corrected chi connectivity index (χ2v) is 6.98. The number of aromatic nitrogens is 3. The van der Waals surface area contributed by atoms with E-state index < -0.39 is 12.1 Å². The fraction of sp³-hybridized carbons (Fsp3) is 0.273. The lowest BCUT2D eigenvalue weighted by atomic mass is 10.0. The molecule has 2 aromatic carbocycles. The molecule has 176 valence electrons. The summed E-state index contributed by atoms with van der Waals surface area (Å²) in [5, 5.41) is 21.6. The maximum atomic E-state index is 12.6. The molecule has 0 saturated carbocycles. The molecule has 11 heteroatoms. The Bertz CT molecular complexity index is 1070. The average molecular weight is 463 g/mol. The van der Waals surface area contributed by atoms with E-state index in [1.54, 1.807) is 0 Å². The van der Waals surface area contributed by atoms with Gasteiger partial charge in [-0.1, -0.05) is 35.5 Å². The zero-order valence-electron chi connectivity index (χ0n) is 18.1. The number of anilines is 1. The molecule has 3 aromatic rings. The van der Waals surface area contributed by atoms with Crippen LogP contribution in [0.5, 0.6) is 0 Å². The van der Waals surface area contributed by atoms with Crippen LogP contribution in [0.4, 0.5) is 18.9 Å². The summed E-state index contributed by atoms with van der Waals surface area (Å²) in [5.74, 6) is -2.88. The Kier molecular flexibility index (Phi) is 9.10. The van der Waals surface area contributed by atoms with E-state index in [-0.39, 0.29) is 5.91 Å². The van der Waals surface area contributed by atoms with Gasteiger partial charge in [-0.15, -0.1) is 5.10 Å². The van der Waals surface area contributed by atoms with Crippen LogP contribution in [0.2, 0.25) is 0 Å². The van der Waals surface area contributed by atoms with Gasteiger partial charge in [0.15, 0.2) is 0 Å². The highest BCUT2D eigenvalue weighted by Crippen LogP contribution is 2.21. The number of aryl methyl sites for hydroxylation is 2. The molecule has 3 N–H and O–H groups in total. The molecule has 0 aliphatic heterocycles. The number of hydrogen-bond acceptors (Lipinski definition) is 5. The second kappa shape index (κ2) is 11.8. The van der Waals surface area contributed by atoms with E-state index in [4.69, 9.17) is 9.90 Å². The molecular weight excluding hydrogens is 439 g/mol. The quantitative estimate of drug-likeness (QED) is 0.461. The highest BCUT2D eigenvalue weighted by Gasteiger charge is 2.38.